The van der Waals surface area contributed by atoms with Crippen LogP contribution in [0, 0.1) is 0 Å². The topological polar surface area (TPSA) is 27.6 Å². The molecule has 1 heterocycles. The van der Waals surface area contributed by atoms with Crippen LogP contribution in [0.1, 0.15) is 5.56 Å². The summed E-state index contributed by atoms with van der Waals surface area (Å²) in [5.74, 6) is 1.03. The minimum atomic E-state index is 0. The summed E-state index contributed by atoms with van der Waals surface area (Å²) in [4.78, 5) is 6.61. The smallest absolute Gasteiger partial charge is 0.193 e. The number of benzene rings is 2. The van der Waals surface area contributed by atoms with Gasteiger partial charge in [0.2, 0.25) is 0 Å². The predicted octanol–water partition coefficient (Wildman–Crippen LogP) is 2.89. The Labute approximate surface area is 137 Å². The summed E-state index contributed by atoms with van der Waals surface area (Å²) < 4.78 is 0. The molecule has 2 aromatic rings. The predicted molar refractivity (Wildman–Crippen MR) is 96.0 cm³/mol. The van der Waals surface area contributed by atoms with Crippen LogP contribution >= 0.6 is 24.0 Å². The van der Waals surface area contributed by atoms with Gasteiger partial charge in [0.15, 0.2) is 5.96 Å². The van der Waals surface area contributed by atoms with Gasteiger partial charge in [-0.3, -0.25) is 4.99 Å². The van der Waals surface area contributed by atoms with Gasteiger partial charge in [-0.15, -0.1) is 24.0 Å². The Kier molecular flexibility index (Phi) is 5.23. The molecule has 2 aromatic carbocycles. The first-order valence-electron chi connectivity index (χ1n) is 6.81. The SMILES string of the molecule is CN1CCN=C1NCCc1cccc2ccccc12.I. The second-order valence-electron chi connectivity index (χ2n) is 4.94. The van der Waals surface area contributed by atoms with Crippen LogP contribution in [-0.2, 0) is 6.42 Å². The first kappa shape index (κ1) is 15.1. The van der Waals surface area contributed by atoms with E-state index in [1.165, 1.54) is 16.3 Å². The second kappa shape index (κ2) is 6.92. The molecule has 0 unspecified atom stereocenters. The zero-order chi connectivity index (χ0) is 13.1. The van der Waals surface area contributed by atoms with Gasteiger partial charge in [0.1, 0.15) is 0 Å². The summed E-state index contributed by atoms with van der Waals surface area (Å²) >= 11 is 0. The largest absolute Gasteiger partial charge is 0.356 e. The molecule has 0 aliphatic carbocycles. The number of likely N-dealkylation sites (N-methyl/N-ethyl adjacent to an activating group) is 1. The summed E-state index contributed by atoms with van der Waals surface area (Å²) in [5, 5.41) is 6.09. The zero-order valence-electron chi connectivity index (χ0n) is 11.7. The second-order valence-corrected chi connectivity index (χ2v) is 4.94. The number of hydrogen-bond acceptors (Lipinski definition) is 3. The summed E-state index contributed by atoms with van der Waals surface area (Å²) in [7, 11) is 2.08. The van der Waals surface area contributed by atoms with Gasteiger partial charge in [-0.05, 0) is 22.8 Å². The molecule has 1 N–H and O–H groups in total. The molecule has 1 aliphatic heterocycles. The Morgan fingerprint density at radius 1 is 1.15 bits per heavy atom. The first-order valence-corrected chi connectivity index (χ1v) is 6.81. The molecule has 3 rings (SSSR count). The maximum absolute atomic E-state index is 4.44. The van der Waals surface area contributed by atoms with E-state index in [-0.39, 0.29) is 24.0 Å². The van der Waals surface area contributed by atoms with Crippen LogP contribution in [0.15, 0.2) is 47.5 Å². The van der Waals surface area contributed by atoms with Crippen LogP contribution < -0.4 is 5.32 Å². The lowest BCUT2D eigenvalue weighted by Gasteiger charge is -2.15. The molecule has 4 heteroatoms. The maximum atomic E-state index is 4.44. The third kappa shape index (κ3) is 3.23. The number of aliphatic imine (C=N–C) groups is 1. The normalized spacial score (nSPS) is 14.1. The number of rotatable bonds is 3. The van der Waals surface area contributed by atoms with Gasteiger partial charge >= 0.3 is 0 Å². The monoisotopic (exact) mass is 381 g/mol. The molecule has 0 atom stereocenters. The lowest BCUT2D eigenvalue weighted by molar-refractivity contribution is 0.534. The van der Waals surface area contributed by atoms with E-state index in [9.17, 15) is 0 Å². The molecule has 20 heavy (non-hydrogen) atoms. The van der Waals surface area contributed by atoms with E-state index in [0.29, 0.717) is 0 Å². The standard InChI is InChI=1S/C16H19N3.HI/c1-19-12-11-18-16(19)17-10-9-14-7-4-6-13-5-2-3-8-15(13)14;/h2-8H,9-12H2,1H3,(H,17,18);1H. The van der Waals surface area contributed by atoms with E-state index in [1.54, 1.807) is 0 Å². The molecule has 0 radical (unpaired) electrons. The van der Waals surface area contributed by atoms with E-state index in [4.69, 9.17) is 0 Å². The van der Waals surface area contributed by atoms with Crippen molar-refractivity contribution in [2.24, 2.45) is 4.99 Å². The van der Waals surface area contributed by atoms with Crippen molar-refractivity contribution >= 4 is 40.7 Å². The number of fused-ring (bicyclic) bond motifs is 1. The molecule has 1 aliphatic rings. The van der Waals surface area contributed by atoms with Crippen LogP contribution in [0.4, 0.5) is 0 Å². The molecule has 106 valence electrons. The molecule has 0 fully saturated rings. The zero-order valence-corrected chi connectivity index (χ0v) is 14.0. The average molecular weight is 381 g/mol. The quantitative estimate of drug-likeness (QED) is 0.829. The van der Waals surface area contributed by atoms with Gasteiger partial charge in [-0.2, -0.15) is 0 Å². The van der Waals surface area contributed by atoms with Crippen molar-refractivity contribution in [2.75, 3.05) is 26.7 Å². The first-order chi connectivity index (χ1) is 9.34. The highest BCUT2D eigenvalue weighted by Crippen LogP contribution is 2.18. The van der Waals surface area contributed by atoms with Crippen molar-refractivity contribution in [3.05, 3.63) is 48.0 Å². The van der Waals surface area contributed by atoms with E-state index < -0.39 is 0 Å². The fourth-order valence-electron chi connectivity index (χ4n) is 2.54. The fraction of sp³-hybridized carbons (Fsp3) is 0.312. The van der Waals surface area contributed by atoms with Gasteiger partial charge in [0, 0.05) is 20.1 Å². The molecule has 0 saturated heterocycles. The van der Waals surface area contributed by atoms with Crippen LogP contribution in [0.5, 0.6) is 0 Å². The molecular formula is C16H20IN3. The average Bonchev–Trinajstić information content (AvgIpc) is 2.85. The van der Waals surface area contributed by atoms with Gasteiger partial charge in [-0.1, -0.05) is 42.5 Å². The van der Waals surface area contributed by atoms with Crippen LogP contribution in [0.25, 0.3) is 10.8 Å². The number of nitrogens with zero attached hydrogens (tertiary/aromatic N) is 2. The van der Waals surface area contributed by atoms with E-state index in [1.807, 2.05) is 0 Å². The van der Waals surface area contributed by atoms with Crippen molar-refractivity contribution in [3.8, 4) is 0 Å². The lowest BCUT2D eigenvalue weighted by atomic mass is 10.0. The highest BCUT2D eigenvalue weighted by atomic mass is 127. The molecular weight excluding hydrogens is 361 g/mol. The van der Waals surface area contributed by atoms with Crippen LogP contribution in [0.2, 0.25) is 0 Å². The van der Waals surface area contributed by atoms with Crippen molar-refractivity contribution in [3.63, 3.8) is 0 Å². The summed E-state index contributed by atoms with van der Waals surface area (Å²) in [5.41, 5.74) is 1.40. The molecule has 0 amide bonds. The Balaban J connectivity index is 0.00000147. The van der Waals surface area contributed by atoms with Gasteiger partial charge < -0.3 is 10.2 Å². The van der Waals surface area contributed by atoms with Gasteiger partial charge in [0.05, 0.1) is 6.54 Å². The Morgan fingerprint density at radius 3 is 2.75 bits per heavy atom. The maximum Gasteiger partial charge on any atom is 0.193 e. The summed E-state index contributed by atoms with van der Waals surface area (Å²) in [6.07, 6.45) is 1.02. The molecule has 0 bridgehead atoms. The summed E-state index contributed by atoms with van der Waals surface area (Å²) in [6.45, 7) is 2.86. The van der Waals surface area contributed by atoms with Crippen LogP contribution in [-0.4, -0.2) is 37.5 Å². The minimum absolute atomic E-state index is 0. The van der Waals surface area contributed by atoms with E-state index in [2.05, 4.69) is 64.7 Å². The molecule has 0 spiro atoms. The van der Waals surface area contributed by atoms with Gasteiger partial charge in [0.25, 0.3) is 0 Å². The fourth-order valence-corrected chi connectivity index (χ4v) is 2.54. The molecule has 3 nitrogen and oxygen atoms in total. The highest BCUT2D eigenvalue weighted by molar-refractivity contribution is 14.0. The Morgan fingerprint density at radius 2 is 1.95 bits per heavy atom. The Bertz CT molecular complexity index is 604. The molecule has 0 saturated carbocycles. The third-order valence-corrected chi connectivity index (χ3v) is 3.62. The van der Waals surface area contributed by atoms with Crippen molar-refractivity contribution < 1.29 is 0 Å². The highest BCUT2D eigenvalue weighted by Gasteiger charge is 2.11. The van der Waals surface area contributed by atoms with Crippen molar-refractivity contribution in [1.82, 2.24) is 10.2 Å². The molecule has 0 aromatic heterocycles. The number of nitrogens with one attached hydrogen (secondary N) is 1. The lowest BCUT2D eigenvalue weighted by Crippen LogP contribution is -2.36. The summed E-state index contributed by atoms with van der Waals surface area (Å²) in [6, 6.07) is 15.1. The number of hydrogen-bond donors (Lipinski definition) is 1. The van der Waals surface area contributed by atoms with Crippen LogP contribution in [0.3, 0.4) is 0 Å². The van der Waals surface area contributed by atoms with Gasteiger partial charge in [-0.25, -0.2) is 0 Å². The van der Waals surface area contributed by atoms with Crippen molar-refractivity contribution in [2.45, 2.75) is 6.42 Å². The number of halogens is 1. The van der Waals surface area contributed by atoms with Crippen molar-refractivity contribution in [1.29, 1.82) is 0 Å². The third-order valence-electron chi connectivity index (χ3n) is 3.62. The number of guanidine groups is 1. The Hall–Kier alpha value is -1.30. The minimum Gasteiger partial charge on any atom is -0.356 e. The van der Waals surface area contributed by atoms with E-state index >= 15 is 0 Å². The van der Waals surface area contributed by atoms with E-state index in [0.717, 1.165) is 32.0 Å².